The highest BCUT2D eigenvalue weighted by atomic mass is 16.6. The third-order valence-electron chi connectivity index (χ3n) is 12.7. The molecule has 0 radical (unpaired) electrons. The summed E-state index contributed by atoms with van der Waals surface area (Å²) < 4.78 is 17.5. The van der Waals surface area contributed by atoms with Crippen molar-refractivity contribution in [2.45, 2.75) is 309 Å². The number of allylic oxidation sites excluding steroid dienone is 6. The lowest BCUT2D eigenvalue weighted by molar-refractivity contribution is -0.163. The molecule has 0 bridgehead atoms. The summed E-state index contributed by atoms with van der Waals surface area (Å²) in [4.78, 5) is 25.5. The van der Waals surface area contributed by atoms with Crippen molar-refractivity contribution in [2.75, 3.05) is 19.8 Å². The van der Waals surface area contributed by atoms with Gasteiger partial charge >= 0.3 is 11.9 Å². The van der Waals surface area contributed by atoms with Crippen LogP contribution in [0.5, 0.6) is 0 Å². The fourth-order valence-electron chi connectivity index (χ4n) is 8.47. The lowest BCUT2D eigenvalue weighted by atomic mass is 10.0. The molecule has 0 N–H and O–H groups in total. The average Bonchev–Trinajstić information content (AvgIpc) is 3.30. The molecule has 5 nitrogen and oxygen atoms in total. The zero-order chi connectivity index (χ0) is 46.3. The first-order valence-corrected chi connectivity index (χ1v) is 28.5. The predicted molar refractivity (Wildman–Crippen MR) is 279 cm³/mol. The maximum Gasteiger partial charge on any atom is 0.306 e. The van der Waals surface area contributed by atoms with E-state index in [4.69, 9.17) is 14.2 Å². The minimum atomic E-state index is -0.539. The first kappa shape index (κ1) is 62.1. The smallest absolute Gasteiger partial charge is 0.306 e. The number of hydrogen-bond acceptors (Lipinski definition) is 5. The summed E-state index contributed by atoms with van der Waals surface area (Å²) in [5.74, 6) is -0.396. The summed E-state index contributed by atoms with van der Waals surface area (Å²) >= 11 is 0. The minimum absolute atomic E-state index is 0.0850. The molecule has 64 heavy (non-hydrogen) atoms. The highest BCUT2D eigenvalue weighted by molar-refractivity contribution is 5.70. The maximum atomic E-state index is 12.8. The number of rotatable bonds is 53. The number of esters is 2. The Bertz CT molecular complexity index is 1020. The Labute approximate surface area is 400 Å². The van der Waals surface area contributed by atoms with Gasteiger partial charge in [-0.2, -0.15) is 0 Å². The largest absolute Gasteiger partial charge is 0.462 e. The van der Waals surface area contributed by atoms with Crippen LogP contribution in [0, 0.1) is 0 Å². The van der Waals surface area contributed by atoms with E-state index >= 15 is 0 Å². The Kier molecular flexibility index (Phi) is 53.8. The Balaban J connectivity index is 4.24. The standard InChI is InChI=1S/C59H110O5/c1-4-7-10-13-16-19-22-25-28-30-32-34-37-40-43-46-49-52-58(60)63-56-57(55-62-54-51-48-45-42-39-36-33-29-26-23-20-17-14-11-8-5-2)64-59(61)53-50-47-44-41-38-35-31-27-24-21-18-15-12-9-6-3/h9,12,18,21,27,31,57H,4-8,10-11,13-17,19-20,22-26,28-30,32-56H2,1-3H3/b12-9-,21-18-,31-27-/t57-/m1/s1. The predicted octanol–water partition coefficient (Wildman–Crippen LogP) is 19.4. The van der Waals surface area contributed by atoms with Gasteiger partial charge in [0.2, 0.25) is 0 Å². The van der Waals surface area contributed by atoms with Crippen molar-refractivity contribution < 1.29 is 23.8 Å². The third kappa shape index (κ3) is 52.7. The van der Waals surface area contributed by atoms with E-state index in [-0.39, 0.29) is 25.2 Å². The second-order valence-corrected chi connectivity index (χ2v) is 19.2. The fraction of sp³-hybridized carbons (Fsp3) is 0.864. The van der Waals surface area contributed by atoms with Gasteiger partial charge in [0.1, 0.15) is 6.61 Å². The van der Waals surface area contributed by atoms with Gasteiger partial charge in [-0.3, -0.25) is 9.59 Å². The molecule has 0 heterocycles. The Morgan fingerprint density at radius 2 is 0.703 bits per heavy atom. The van der Waals surface area contributed by atoms with Crippen LogP contribution in [0.15, 0.2) is 36.5 Å². The van der Waals surface area contributed by atoms with Gasteiger partial charge in [-0.15, -0.1) is 0 Å². The van der Waals surface area contributed by atoms with Gasteiger partial charge in [0.05, 0.1) is 6.61 Å². The van der Waals surface area contributed by atoms with E-state index in [0.717, 1.165) is 64.2 Å². The summed E-state index contributed by atoms with van der Waals surface area (Å²) in [6.45, 7) is 7.77. The molecule has 0 aromatic rings. The van der Waals surface area contributed by atoms with Crippen LogP contribution >= 0.6 is 0 Å². The number of carbonyl (C=O) groups is 2. The SMILES string of the molecule is CC/C=C\C/C=C\C/C=C\CCCCCCCC(=O)O[C@H](COCCCCCCCCCCCCCCCCCC)COC(=O)CCCCCCCCCCCCCCCCCCC. The van der Waals surface area contributed by atoms with Crippen LogP contribution in [0.1, 0.15) is 303 Å². The van der Waals surface area contributed by atoms with Crippen molar-refractivity contribution in [3.05, 3.63) is 36.5 Å². The van der Waals surface area contributed by atoms with E-state index in [1.807, 2.05) is 0 Å². The second kappa shape index (κ2) is 55.4. The van der Waals surface area contributed by atoms with Crippen molar-refractivity contribution in [1.29, 1.82) is 0 Å². The lowest BCUT2D eigenvalue weighted by Crippen LogP contribution is -2.30. The summed E-state index contributed by atoms with van der Waals surface area (Å²) in [6.07, 6.45) is 67.3. The maximum absolute atomic E-state index is 12.8. The molecule has 0 aliphatic carbocycles. The first-order chi connectivity index (χ1) is 31.6. The highest BCUT2D eigenvalue weighted by Crippen LogP contribution is 2.17. The summed E-state index contributed by atoms with van der Waals surface area (Å²) in [5, 5.41) is 0. The van der Waals surface area contributed by atoms with Gasteiger partial charge in [-0.05, 0) is 51.4 Å². The van der Waals surface area contributed by atoms with E-state index in [1.165, 1.54) is 205 Å². The molecule has 0 rings (SSSR count). The Hall–Kier alpha value is -1.88. The van der Waals surface area contributed by atoms with Crippen molar-refractivity contribution in [1.82, 2.24) is 0 Å². The topological polar surface area (TPSA) is 61.8 Å². The fourth-order valence-corrected chi connectivity index (χ4v) is 8.47. The van der Waals surface area contributed by atoms with E-state index in [1.54, 1.807) is 0 Å². The second-order valence-electron chi connectivity index (χ2n) is 19.2. The molecule has 0 spiro atoms. The molecule has 0 aromatic heterocycles. The number of carbonyl (C=O) groups excluding carboxylic acids is 2. The van der Waals surface area contributed by atoms with Crippen LogP contribution in [0.4, 0.5) is 0 Å². The summed E-state index contributed by atoms with van der Waals surface area (Å²) in [7, 11) is 0. The number of ether oxygens (including phenoxy) is 3. The first-order valence-electron chi connectivity index (χ1n) is 28.5. The number of hydrogen-bond donors (Lipinski definition) is 0. The van der Waals surface area contributed by atoms with Crippen LogP contribution in [-0.4, -0.2) is 37.9 Å². The Morgan fingerprint density at radius 3 is 1.12 bits per heavy atom. The number of unbranched alkanes of at least 4 members (excludes halogenated alkanes) is 36. The molecule has 1 atom stereocenters. The monoisotopic (exact) mass is 899 g/mol. The summed E-state index contributed by atoms with van der Waals surface area (Å²) in [5.41, 5.74) is 0. The van der Waals surface area contributed by atoms with Gasteiger partial charge in [-0.1, -0.05) is 276 Å². The molecule has 0 aromatic carbocycles. The molecule has 0 fully saturated rings. The molecule has 0 unspecified atom stereocenters. The van der Waals surface area contributed by atoms with Gasteiger partial charge < -0.3 is 14.2 Å². The molecule has 0 amide bonds. The van der Waals surface area contributed by atoms with Crippen LogP contribution in [0.25, 0.3) is 0 Å². The van der Waals surface area contributed by atoms with E-state index in [0.29, 0.717) is 19.4 Å². The van der Waals surface area contributed by atoms with E-state index in [2.05, 4.69) is 57.2 Å². The quantitative estimate of drug-likeness (QED) is 0.0346. The van der Waals surface area contributed by atoms with Gasteiger partial charge in [0.25, 0.3) is 0 Å². The molecule has 0 saturated heterocycles. The normalized spacial score (nSPS) is 12.4. The average molecular weight is 900 g/mol. The van der Waals surface area contributed by atoms with Crippen molar-refractivity contribution in [3.63, 3.8) is 0 Å². The molecule has 0 aliphatic heterocycles. The zero-order valence-corrected chi connectivity index (χ0v) is 43.3. The van der Waals surface area contributed by atoms with Gasteiger partial charge in [-0.25, -0.2) is 0 Å². The molecule has 0 saturated carbocycles. The molecule has 5 heteroatoms. The van der Waals surface area contributed by atoms with E-state index in [9.17, 15) is 9.59 Å². The van der Waals surface area contributed by atoms with Crippen LogP contribution in [-0.2, 0) is 23.8 Å². The van der Waals surface area contributed by atoms with Gasteiger partial charge in [0.15, 0.2) is 6.10 Å². The van der Waals surface area contributed by atoms with Crippen molar-refractivity contribution in [2.24, 2.45) is 0 Å². The van der Waals surface area contributed by atoms with Crippen LogP contribution in [0.2, 0.25) is 0 Å². The van der Waals surface area contributed by atoms with Crippen LogP contribution < -0.4 is 0 Å². The molecule has 0 aliphatic rings. The van der Waals surface area contributed by atoms with E-state index < -0.39 is 6.10 Å². The molecular formula is C59H110O5. The molecule has 376 valence electrons. The zero-order valence-electron chi connectivity index (χ0n) is 43.3. The summed E-state index contributed by atoms with van der Waals surface area (Å²) in [6, 6.07) is 0. The Morgan fingerprint density at radius 1 is 0.359 bits per heavy atom. The lowest BCUT2D eigenvalue weighted by Gasteiger charge is -2.18. The van der Waals surface area contributed by atoms with Crippen molar-refractivity contribution in [3.8, 4) is 0 Å². The third-order valence-corrected chi connectivity index (χ3v) is 12.7. The van der Waals surface area contributed by atoms with Gasteiger partial charge in [0, 0.05) is 19.4 Å². The highest BCUT2D eigenvalue weighted by Gasteiger charge is 2.17. The minimum Gasteiger partial charge on any atom is -0.462 e. The van der Waals surface area contributed by atoms with Crippen LogP contribution in [0.3, 0.4) is 0 Å². The van der Waals surface area contributed by atoms with Crippen molar-refractivity contribution >= 4 is 11.9 Å². The molecular weight excluding hydrogens is 789 g/mol.